The molecule has 7 heteroatoms. The molecule has 0 saturated heterocycles. The number of ether oxygens (including phenoxy) is 1. The van der Waals surface area contributed by atoms with Crippen molar-refractivity contribution in [3.8, 4) is 5.75 Å². The molecule has 0 bridgehead atoms. The van der Waals surface area contributed by atoms with Gasteiger partial charge in [-0.25, -0.2) is 10.4 Å². The van der Waals surface area contributed by atoms with E-state index in [1.54, 1.807) is 24.7 Å². The van der Waals surface area contributed by atoms with Crippen molar-refractivity contribution >= 4 is 33.7 Å². The van der Waals surface area contributed by atoms with Crippen molar-refractivity contribution < 1.29 is 4.74 Å². The van der Waals surface area contributed by atoms with Crippen LogP contribution in [0.5, 0.6) is 5.75 Å². The Morgan fingerprint density at radius 1 is 1.28 bits per heavy atom. The van der Waals surface area contributed by atoms with Crippen molar-refractivity contribution in [3.63, 3.8) is 0 Å². The number of H-pyrrole nitrogens is 1. The number of aromatic amines is 1. The first-order chi connectivity index (χ1) is 12.2. The summed E-state index contributed by atoms with van der Waals surface area (Å²) in [5, 5.41) is 4.91. The number of hydrazone groups is 1. The minimum Gasteiger partial charge on any atom is -0.497 e. The van der Waals surface area contributed by atoms with Gasteiger partial charge in [-0.1, -0.05) is 0 Å². The number of hydrogen-bond acceptors (Lipinski definition) is 6. The summed E-state index contributed by atoms with van der Waals surface area (Å²) in [5.41, 5.74) is 4.83. The predicted molar refractivity (Wildman–Crippen MR) is 101 cm³/mol. The monoisotopic (exact) mass is 354 g/mol. The van der Waals surface area contributed by atoms with Crippen molar-refractivity contribution in [2.24, 2.45) is 5.10 Å². The Kier molecular flexibility index (Phi) is 4.23. The minimum absolute atomic E-state index is 0.0912. The summed E-state index contributed by atoms with van der Waals surface area (Å²) in [5.74, 6) is 1.16. The zero-order valence-electron chi connectivity index (χ0n) is 13.8. The quantitative estimate of drug-likeness (QED) is 0.556. The van der Waals surface area contributed by atoms with E-state index in [4.69, 9.17) is 4.74 Å². The van der Waals surface area contributed by atoms with Gasteiger partial charge in [0.1, 0.15) is 10.6 Å². The molecule has 25 heavy (non-hydrogen) atoms. The number of benzene rings is 1. The van der Waals surface area contributed by atoms with Crippen LogP contribution >= 0.6 is 11.3 Å². The molecule has 2 N–H and O–H groups in total. The van der Waals surface area contributed by atoms with E-state index in [0.717, 1.165) is 40.8 Å². The fourth-order valence-electron chi connectivity index (χ4n) is 3.07. The molecule has 128 valence electrons. The number of rotatable bonds is 4. The highest BCUT2D eigenvalue weighted by Crippen LogP contribution is 2.33. The highest BCUT2D eigenvalue weighted by molar-refractivity contribution is 7.18. The third-order valence-electron chi connectivity index (χ3n) is 4.32. The molecule has 6 nitrogen and oxygen atoms in total. The molecule has 1 aromatic carbocycles. The molecule has 3 aromatic rings. The van der Waals surface area contributed by atoms with E-state index >= 15 is 0 Å². The minimum atomic E-state index is -0.0912. The molecule has 1 aliphatic rings. The Morgan fingerprint density at radius 2 is 2.08 bits per heavy atom. The molecule has 0 unspecified atom stereocenters. The third kappa shape index (κ3) is 3.15. The van der Waals surface area contributed by atoms with Crippen LogP contribution in [0.1, 0.15) is 28.8 Å². The Labute approximate surface area is 148 Å². The van der Waals surface area contributed by atoms with Crippen LogP contribution in [0.4, 0.5) is 5.95 Å². The lowest BCUT2D eigenvalue weighted by Gasteiger charge is -2.09. The molecule has 0 aliphatic heterocycles. The molecule has 4 rings (SSSR count). The van der Waals surface area contributed by atoms with E-state index in [1.807, 2.05) is 24.3 Å². The zero-order chi connectivity index (χ0) is 17.2. The van der Waals surface area contributed by atoms with Crippen LogP contribution in [0.2, 0.25) is 0 Å². The fraction of sp³-hybridized carbons (Fsp3) is 0.278. The van der Waals surface area contributed by atoms with Crippen molar-refractivity contribution in [1.29, 1.82) is 0 Å². The number of aromatic nitrogens is 2. The van der Waals surface area contributed by atoms with Gasteiger partial charge in [-0.05, 0) is 61.1 Å². The van der Waals surface area contributed by atoms with E-state index < -0.39 is 0 Å². The van der Waals surface area contributed by atoms with Crippen molar-refractivity contribution in [2.75, 3.05) is 12.5 Å². The molecular formula is C18H18N4O2S. The van der Waals surface area contributed by atoms with Crippen LogP contribution in [0, 0.1) is 0 Å². The number of anilines is 1. The van der Waals surface area contributed by atoms with Gasteiger partial charge < -0.3 is 4.74 Å². The van der Waals surface area contributed by atoms with Gasteiger partial charge in [0.05, 0.1) is 18.7 Å². The number of methoxy groups -OCH3 is 1. The first-order valence-corrected chi connectivity index (χ1v) is 9.04. The maximum Gasteiger partial charge on any atom is 0.261 e. The number of hydrogen-bond donors (Lipinski definition) is 2. The van der Waals surface area contributed by atoms with Gasteiger partial charge in [0.2, 0.25) is 5.95 Å². The average molecular weight is 354 g/mol. The number of aryl methyl sites for hydroxylation is 2. The molecule has 1 aliphatic carbocycles. The topological polar surface area (TPSA) is 79.4 Å². The van der Waals surface area contributed by atoms with Crippen LogP contribution in [-0.2, 0) is 12.8 Å². The van der Waals surface area contributed by atoms with Gasteiger partial charge in [-0.15, -0.1) is 11.3 Å². The van der Waals surface area contributed by atoms with Gasteiger partial charge in [-0.3, -0.25) is 9.78 Å². The van der Waals surface area contributed by atoms with Crippen LogP contribution in [-0.4, -0.2) is 23.3 Å². The fourth-order valence-corrected chi connectivity index (χ4v) is 4.34. The van der Waals surface area contributed by atoms with Crippen LogP contribution in [0.25, 0.3) is 10.2 Å². The average Bonchev–Trinajstić information content (AvgIpc) is 3.01. The van der Waals surface area contributed by atoms with Crippen LogP contribution in [0.3, 0.4) is 0 Å². The summed E-state index contributed by atoms with van der Waals surface area (Å²) >= 11 is 1.63. The Bertz CT molecular complexity index is 989. The van der Waals surface area contributed by atoms with Crippen molar-refractivity contribution in [2.45, 2.75) is 25.7 Å². The first kappa shape index (κ1) is 15.8. The summed E-state index contributed by atoms with van der Waals surface area (Å²) in [6.07, 6.45) is 6.03. The molecule has 0 spiro atoms. The normalized spacial score (nSPS) is 14.0. The Balaban J connectivity index is 1.57. The summed E-state index contributed by atoms with van der Waals surface area (Å²) < 4.78 is 5.12. The molecule has 0 atom stereocenters. The molecule has 0 saturated carbocycles. The Morgan fingerprint density at radius 3 is 2.88 bits per heavy atom. The number of nitrogens with zero attached hydrogens (tertiary/aromatic N) is 2. The highest BCUT2D eigenvalue weighted by Gasteiger charge is 2.19. The SMILES string of the molecule is COc1ccc(/C=N/Nc2nc3sc4c(c3c(=O)[nH]2)CCCC4)cc1. The van der Waals surface area contributed by atoms with Gasteiger partial charge in [0.25, 0.3) is 5.56 Å². The molecular weight excluding hydrogens is 336 g/mol. The lowest BCUT2D eigenvalue weighted by atomic mass is 9.97. The largest absolute Gasteiger partial charge is 0.497 e. The molecule has 2 heterocycles. The van der Waals surface area contributed by atoms with E-state index in [0.29, 0.717) is 5.95 Å². The predicted octanol–water partition coefficient (Wildman–Crippen LogP) is 3.32. The van der Waals surface area contributed by atoms with Gasteiger partial charge in [0, 0.05) is 4.88 Å². The second kappa shape index (κ2) is 6.68. The molecule has 0 amide bonds. The number of fused-ring (bicyclic) bond motifs is 3. The van der Waals surface area contributed by atoms with Gasteiger partial charge in [0.15, 0.2) is 0 Å². The van der Waals surface area contributed by atoms with Gasteiger partial charge in [-0.2, -0.15) is 5.10 Å². The first-order valence-electron chi connectivity index (χ1n) is 8.22. The van der Waals surface area contributed by atoms with Crippen LogP contribution in [0.15, 0.2) is 34.2 Å². The number of nitrogens with one attached hydrogen (secondary N) is 2. The lowest BCUT2D eigenvalue weighted by molar-refractivity contribution is 0.415. The summed E-state index contributed by atoms with van der Waals surface area (Å²) in [6, 6.07) is 7.53. The molecule has 0 fully saturated rings. The van der Waals surface area contributed by atoms with E-state index in [1.165, 1.54) is 16.9 Å². The zero-order valence-corrected chi connectivity index (χ0v) is 14.7. The smallest absolute Gasteiger partial charge is 0.261 e. The maximum atomic E-state index is 12.4. The molecule has 2 aromatic heterocycles. The number of thiophene rings is 1. The van der Waals surface area contributed by atoms with Crippen LogP contribution < -0.4 is 15.7 Å². The summed E-state index contributed by atoms with van der Waals surface area (Å²) in [6.45, 7) is 0. The summed E-state index contributed by atoms with van der Waals surface area (Å²) in [4.78, 5) is 21.8. The second-order valence-electron chi connectivity index (χ2n) is 5.95. The van der Waals surface area contributed by atoms with E-state index in [9.17, 15) is 4.79 Å². The van der Waals surface area contributed by atoms with Crippen molar-refractivity contribution in [1.82, 2.24) is 9.97 Å². The van der Waals surface area contributed by atoms with E-state index in [2.05, 4.69) is 20.5 Å². The van der Waals surface area contributed by atoms with Gasteiger partial charge >= 0.3 is 0 Å². The second-order valence-corrected chi connectivity index (χ2v) is 7.03. The standard InChI is InChI=1S/C18H18N4O2S/c1-24-12-8-6-11(7-9-12)10-19-22-18-20-16(23)15-13-4-2-3-5-14(13)25-17(15)21-18/h6-10H,2-5H2,1H3,(H2,20,21,22,23)/b19-10+. The third-order valence-corrected chi connectivity index (χ3v) is 5.51. The highest BCUT2D eigenvalue weighted by atomic mass is 32.1. The lowest BCUT2D eigenvalue weighted by Crippen LogP contribution is -2.12. The maximum absolute atomic E-state index is 12.4. The Hall–Kier alpha value is -2.67. The molecule has 0 radical (unpaired) electrons. The van der Waals surface area contributed by atoms with Crippen molar-refractivity contribution in [3.05, 3.63) is 50.6 Å². The van der Waals surface area contributed by atoms with E-state index in [-0.39, 0.29) is 5.56 Å². The summed E-state index contributed by atoms with van der Waals surface area (Å²) in [7, 11) is 1.63.